The van der Waals surface area contributed by atoms with Crippen molar-refractivity contribution in [3.05, 3.63) is 46.8 Å². The third-order valence-corrected chi connectivity index (χ3v) is 6.03. The van der Waals surface area contributed by atoms with E-state index >= 15 is 0 Å². The van der Waals surface area contributed by atoms with Crippen molar-refractivity contribution >= 4 is 23.2 Å². The van der Waals surface area contributed by atoms with Gasteiger partial charge in [-0.1, -0.05) is 11.6 Å². The maximum atomic E-state index is 13.3. The molecule has 4 rings (SSSR count). The molecule has 5 nitrogen and oxygen atoms in total. The zero-order valence-electron chi connectivity index (χ0n) is 14.5. The zero-order chi connectivity index (χ0) is 18.4. The van der Waals surface area contributed by atoms with Crippen LogP contribution in [0.3, 0.4) is 0 Å². The topological polar surface area (TPSA) is 67.1 Å². The van der Waals surface area contributed by atoms with Gasteiger partial charge in [0.2, 0.25) is 0 Å². The number of halogens is 2. The summed E-state index contributed by atoms with van der Waals surface area (Å²) in [4.78, 5) is 17.3. The first kappa shape index (κ1) is 17.5. The van der Waals surface area contributed by atoms with Gasteiger partial charge in [-0.05, 0) is 55.7 Å². The van der Waals surface area contributed by atoms with Crippen molar-refractivity contribution in [1.82, 2.24) is 9.55 Å². The molecular weight excluding hydrogens is 357 g/mol. The Morgan fingerprint density at radius 1 is 1.31 bits per heavy atom. The number of fused-ring (bicyclic) bond motifs is 1. The predicted molar refractivity (Wildman–Crippen MR) is 96.8 cm³/mol. The lowest BCUT2D eigenvalue weighted by Crippen LogP contribution is -2.18. The van der Waals surface area contributed by atoms with Crippen molar-refractivity contribution in [1.29, 1.82) is 0 Å². The molecule has 1 aromatic carbocycles. The van der Waals surface area contributed by atoms with Crippen LogP contribution in [0.1, 0.15) is 47.8 Å². The number of benzene rings is 1. The third kappa shape index (κ3) is 3.12. The molecule has 2 unspecified atom stereocenters. The van der Waals surface area contributed by atoms with E-state index in [1.54, 1.807) is 17.9 Å². The van der Waals surface area contributed by atoms with Gasteiger partial charge in [0.15, 0.2) is 0 Å². The van der Waals surface area contributed by atoms with Gasteiger partial charge >= 0.3 is 0 Å². The van der Waals surface area contributed by atoms with E-state index in [0.717, 1.165) is 31.4 Å². The van der Waals surface area contributed by atoms with Crippen LogP contribution in [-0.2, 0) is 7.05 Å². The molecule has 2 aliphatic carbocycles. The minimum absolute atomic E-state index is 0.0322. The van der Waals surface area contributed by atoms with Gasteiger partial charge in [0, 0.05) is 18.7 Å². The molecule has 4 atom stereocenters. The van der Waals surface area contributed by atoms with Gasteiger partial charge in [0.1, 0.15) is 11.5 Å². The summed E-state index contributed by atoms with van der Waals surface area (Å²) >= 11 is 5.79. The Morgan fingerprint density at radius 3 is 2.65 bits per heavy atom. The number of hydrogen-bond acceptors (Lipinski definition) is 3. The predicted octanol–water partition coefficient (Wildman–Crippen LogP) is 3.73. The molecule has 1 heterocycles. The highest BCUT2D eigenvalue weighted by molar-refractivity contribution is 6.31. The number of rotatable bonds is 3. The summed E-state index contributed by atoms with van der Waals surface area (Å²) in [5.41, 5.74) is 1.78. The van der Waals surface area contributed by atoms with E-state index < -0.39 is 5.82 Å². The van der Waals surface area contributed by atoms with Gasteiger partial charge in [0.05, 0.1) is 23.1 Å². The molecule has 2 aromatic rings. The number of aryl methyl sites for hydroxylation is 1. The standard InChI is InChI=1S/C19H21ClFN3O2/c1-24-9-22-17(12-4-10-6-14(25)7-11(10)5-12)18(24)19(26)23-13-2-3-16(21)15(20)8-13/h2-3,8-12,14,25H,4-7H2,1H3,(H,23,26)/t10-,11+,12?,14?. The highest BCUT2D eigenvalue weighted by Gasteiger charge is 2.43. The van der Waals surface area contributed by atoms with E-state index in [0.29, 0.717) is 23.2 Å². The molecule has 2 aliphatic rings. The molecule has 1 aromatic heterocycles. The summed E-state index contributed by atoms with van der Waals surface area (Å²) in [5.74, 6) is 0.467. The monoisotopic (exact) mass is 377 g/mol. The minimum Gasteiger partial charge on any atom is -0.393 e. The number of aromatic nitrogens is 2. The second kappa shape index (κ2) is 6.67. The zero-order valence-corrected chi connectivity index (χ0v) is 15.2. The normalized spacial score (nSPS) is 27.5. The van der Waals surface area contributed by atoms with Crippen LogP contribution in [0.25, 0.3) is 0 Å². The fourth-order valence-corrected chi connectivity index (χ4v) is 4.78. The van der Waals surface area contributed by atoms with Crippen molar-refractivity contribution in [3.8, 4) is 0 Å². The second-order valence-electron chi connectivity index (χ2n) is 7.49. The summed E-state index contributed by atoms with van der Waals surface area (Å²) in [5, 5.41) is 12.6. The Bertz CT molecular complexity index is 839. The van der Waals surface area contributed by atoms with E-state index in [1.165, 1.54) is 18.2 Å². The van der Waals surface area contributed by atoms with E-state index in [4.69, 9.17) is 11.6 Å². The van der Waals surface area contributed by atoms with Gasteiger partial charge in [-0.2, -0.15) is 0 Å². The van der Waals surface area contributed by atoms with Gasteiger partial charge in [0.25, 0.3) is 5.91 Å². The molecule has 0 aliphatic heterocycles. The molecule has 138 valence electrons. The Morgan fingerprint density at radius 2 is 2.00 bits per heavy atom. The Kier molecular flexibility index (Phi) is 4.49. The number of carbonyl (C=O) groups is 1. The third-order valence-electron chi connectivity index (χ3n) is 5.74. The van der Waals surface area contributed by atoms with Gasteiger partial charge < -0.3 is 15.0 Å². The van der Waals surface area contributed by atoms with Crippen molar-refractivity contribution in [2.24, 2.45) is 18.9 Å². The molecule has 0 spiro atoms. The average molecular weight is 378 g/mol. The molecule has 7 heteroatoms. The second-order valence-corrected chi connectivity index (χ2v) is 7.89. The van der Waals surface area contributed by atoms with E-state index in [2.05, 4.69) is 10.3 Å². The van der Waals surface area contributed by atoms with Crippen LogP contribution in [0.2, 0.25) is 5.02 Å². The fourth-order valence-electron chi connectivity index (χ4n) is 4.60. The molecule has 26 heavy (non-hydrogen) atoms. The first-order chi connectivity index (χ1) is 12.4. The van der Waals surface area contributed by atoms with Crippen molar-refractivity contribution in [2.45, 2.75) is 37.7 Å². The van der Waals surface area contributed by atoms with Crippen LogP contribution < -0.4 is 5.32 Å². The summed E-state index contributed by atoms with van der Waals surface area (Å²) < 4.78 is 15.0. The van der Waals surface area contributed by atoms with Crippen LogP contribution in [0.15, 0.2) is 24.5 Å². The quantitative estimate of drug-likeness (QED) is 0.856. The van der Waals surface area contributed by atoms with Gasteiger partial charge in [-0.15, -0.1) is 0 Å². The molecule has 2 fully saturated rings. The minimum atomic E-state index is -0.523. The van der Waals surface area contributed by atoms with Crippen molar-refractivity contribution < 1.29 is 14.3 Å². The number of anilines is 1. The highest BCUT2D eigenvalue weighted by atomic mass is 35.5. The van der Waals surface area contributed by atoms with Crippen molar-refractivity contribution in [2.75, 3.05) is 5.32 Å². The number of hydrogen-bond donors (Lipinski definition) is 2. The molecule has 0 radical (unpaired) electrons. The SMILES string of the molecule is Cn1cnc(C2C[C@H]3CC(O)C[C@H]3C2)c1C(=O)Nc1ccc(F)c(Cl)c1. The summed E-state index contributed by atoms with van der Waals surface area (Å²) in [7, 11) is 1.79. The first-order valence-corrected chi connectivity index (χ1v) is 9.26. The van der Waals surface area contributed by atoms with Crippen LogP contribution in [-0.4, -0.2) is 26.7 Å². The van der Waals surface area contributed by atoms with E-state index in [9.17, 15) is 14.3 Å². The number of aliphatic hydroxyl groups excluding tert-OH is 1. The lowest BCUT2D eigenvalue weighted by Gasteiger charge is -2.14. The molecular formula is C19H21ClFN3O2. The summed E-state index contributed by atoms with van der Waals surface area (Å²) in [6.45, 7) is 0. The number of carbonyl (C=O) groups excluding carboxylic acids is 1. The van der Waals surface area contributed by atoms with E-state index in [1.807, 2.05) is 0 Å². The van der Waals surface area contributed by atoms with Gasteiger partial charge in [-0.3, -0.25) is 4.79 Å². The summed E-state index contributed by atoms with van der Waals surface area (Å²) in [6, 6.07) is 4.11. The first-order valence-electron chi connectivity index (χ1n) is 8.88. The lowest BCUT2D eigenvalue weighted by atomic mass is 9.97. The average Bonchev–Trinajstić information content (AvgIpc) is 3.23. The molecule has 1 amide bonds. The molecule has 0 saturated heterocycles. The number of imidazole rings is 1. The van der Waals surface area contributed by atoms with Gasteiger partial charge in [-0.25, -0.2) is 9.37 Å². The molecule has 2 N–H and O–H groups in total. The number of aliphatic hydroxyl groups is 1. The number of amides is 1. The number of nitrogens with zero attached hydrogens (tertiary/aromatic N) is 2. The Hall–Kier alpha value is -1.92. The van der Waals surface area contributed by atoms with Crippen LogP contribution in [0.5, 0.6) is 0 Å². The molecule has 2 saturated carbocycles. The molecule has 0 bridgehead atoms. The highest BCUT2D eigenvalue weighted by Crippen LogP contribution is 2.50. The van der Waals surface area contributed by atoms with Crippen molar-refractivity contribution in [3.63, 3.8) is 0 Å². The smallest absolute Gasteiger partial charge is 0.274 e. The summed E-state index contributed by atoms with van der Waals surface area (Å²) in [6.07, 6.45) is 5.10. The maximum Gasteiger partial charge on any atom is 0.274 e. The fraction of sp³-hybridized carbons (Fsp3) is 0.474. The maximum absolute atomic E-state index is 13.3. The lowest BCUT2D eigenvalue weighted by molar-refractivity contribution is 0.101. The van der Waals surface area contributed by atoms with Crippen LogP contribution >= 0.6 is 11.6 Å². The van der Waals surface area contributed by atoms with Crippen LogP contribution in [0.4, 0.5) is 10.1 Å². The number of nitrogens with one attached hydrogen (secondary N) is 1. The Labute approximate surface area is 156 Å². The Balaban J connectivity index is 1.55. The largest absolute Gasteiger partial charge is 0.393 e. The van der Waals surface area contributed by atoms with E-state index in [-0.39, 0.29) is 23.0 Å². The van der Waals surface area contributed by atoms with Crippen LogP contribution in [0, 0.1) is 17.7 Å².